The number of nitrogens with one attached hydrogen (secondary N) is 1. The standard InChI is InChI=1S/C13H9BrClN3O2S/c1-8-4-9(6-16)2-3-12(8)21(19,20)18-10-5-11(14)13(15)17-7-10/h2-5,7,18H,1H3. The summed E-state index contributed by atoms with van der Waals surface area (Å²) in [6.45, 7) is 1.63. The minimum absolute atomic E-state index is 0.104. The van der Waals surface area contributed by atoms with Crippen molar-refractivity contribution in [2.24, 2.45) is 0 Å². The van der Waals surface area contributed by atoms with Crippen molar-refractivity contribution in [2.45, 2.75) is 11.8 Å². The lowest BCUT2D eigenvalue weighted by molar-refractivity contribution is 0.600. The number of rotatable bonds is 3. The van der Waals surface area contributed by atoms with E-state index in [2.05, 4.69) is 25.6 Å². The van der Waals surface area contributed by atoms with E-state index >= 15 is 0 Å². The zero-order chi connectivity index (χ0) is 15.6. The summed E-state index contributed by atoms with van der Waals surface area (Å²) >= 11 is 8.94. The fourth-order valence-corrected chi connectivity index (χ4v) is 3.42. The number of sulfonamides is 1. The van der Waals surface area contributed by atoms with E-state index in [0.29, 0.717) is 15.6 Å². The third-order valence-electron chi connectivity index (χ3n) is 2.64. The first-order valence-electron chi connectivity index (χ1n) is 5.68. The van der Waals surface area contributed by atoms with Gasteiger partial charge in [-0.2, -0.15) is 5.26 Å². The first-order valence-corrected chi connectivity index (χ1v) is 8.33. The Morgan fingerprint density at radius 1 is 1.38 bits per heavy atom. The summed E-state index contributed by atoms with van der Waals surface area (Å²) in [7, 11) is -3.76. The van der Waals surface area contributed by atoms with Gasteiger partial charge in [-0.1, -0.05) is 11.6 Å². The molecule has 1 aromatic heterocycles. The van der Waals surface area contributed by atoms with Gasteiger partial charge >= 0.3 is 0 Å². The molecular formula is C13H9BrClN3O2S. The highest BCUT2D eigenvalue weighted by atomic mass is 79.9. The Labute approximate surface area is 135 Å². The number of halogens is 2. The van der Waals surface area contributed by atoms with Gasteiger partial charge in [-0.25, -0.2) is 13.4 Å². The number of nitriles is 1. The molecule has 0 unspecified atom stereocenters. The Morgan fingerprint density at radius 2 is 2.10 bits per heavy atom. The molecule has 0 bridgehead atoms. The van der Waals surface area contributed by atoms with Crippen LogP contribution in [-0.2, 0) is 10.0 Å². The van der Waals surface area contributed by atoms with E-state index in [4.69, 9.17) is 16.9 Å². The number of hydrogen-bond donors (Lipinski definition) is 1. The second-order valence-corrected chi connectivity index (χ2v) is 7.06. The van der Waals surface area contributed by atoms with Crippen LogP contribution in [0.15, 0.2) is 39.8 Å². The Balaban J connectivity index is 2.38. The van der Waals surface area contributed by atoms with Crippen LogP contribution in [0, 0.1) is 18.3 Å². The number of anilines is 1. The molecule has 8 heteroatoms. The Hall–Kier alpha value is -1.62. The molecule has 1 N–H and O–H groups in total. The SMILES string of the molecule is Cc1cc(C#N)ccc1S(=O)(=O)Nc1cnc(Cl)c(Br)c1. The maximum absolute atomic E-state index is 12.3. The van der Waals surface area contributed by atoms with Crippen LogP contribution in [0.25, 0.3) is 0 Å². The van der Waals surface area contributed by atoms with E-state index in [-0.39, 0.29) is 15.7 Å². The molecule has 0 aliphatic carbocycles. The first kappa shape index (κ1) is 15.8. The maximum Gasteiger partial charge on any atom is 0.262 e. The molecule has 0 atom stereocenters. The first-order chi connectivity index (χ1) is 9.83. The fourth-order valence-electron chi connectivity index (χ4n) is 1.71. The number of benzene rings is 1. The van der Waals surface area contributed by atoms with E-state index < -0.39 is 10.0 Å². The molecule has 0 spiro atoms. The summed E-state index contributed by atoms with van der Waals surface area (Å²) in [6, 6.07) is 7.86. The van der Waals surface area contributed by atoms with E-state index in [9.17, 15) is 8.42 Å². The molecule has 0 amide bonds. The van der Waals surface area contributed by atoms with Crippen molar-refractivity contribution >= 4 is 43.2 Å². The highest BCUT2D eigenvalue weighted by Crippen LogP contribution is 2.25. The van der Waals surface area contributed by atoms with Gasteiger partial charge in [-0.05, 0) is 52.7 Å². The van der Waals surface area contributed by atoms with Gasteiger partial charge in [0, 0.05) is 0 Å². The summed E-state index contributed by atoms with van der Waals surface area (Å²) < 4.78 is 27.6. The molecule has 2 aromatic rings. The highest BCUT2D eigenvalue weighted by molar-refractivity contribution is 9.10. The average molecular weight is 387 g/mol. The number of aromatic nitrogens is 1. The van der Waals surface area contributed by atoms with Crippen LogP contribution < -0.4 is 4.72 Å². The van der Waals surface area contributed by atoms with Gasteiger partial charge in [0.15, 0.2) is 0 Å². The molecule has 1 aromatic carbocycles. The van der Waals surface area contributed by atoms with E-state index in [0.717, 1.165) is 0 Å². The number of aryl methyl sites for hydroxylation is 1. The van der Waals surface area contributed by atoms with Crippen LogP contribution in [0.1, 0.15) is 11.1 Å². The maximum atomic E-state index is 12.3. The minimum Gasteiger partial charge on any atom is -0.278 e. The van der Waals surface area contributed by atoms with Gasteiger partial charge in [-0.15, -0.1) is 0 Å². The number of hydrogen-bond acceptors (Lipinski definition) is 4. The normalized spacial score (nSPS) is 11.0. The third kappa shape index (κ3) is 3.53. The van der Waals surface area contributed by atoms with Gasteiger partial charge in [0.1, 0.15) is 5.15 Å². The monoisotopic (exact) mass is 385 g/mol. The smallest absolute Gasteiger partial charge is 0.262 e. The van der Waals surface area contributed by atoms with Gasteiger partial charge in [0.2, 0.25) is 0 Å². The zero-order valence-corrected chi connectivity index (χ0v) is 13.9. The van der Waals surface area contributed by atoms with Crippen LogP contribution in [0.4, 0.5) is 5.69 Å². The second-order valence-electron chi connectivity index (χ2n) is 4.19. The predicted octanol–water partition coefficient (Wildman–Crippen LogP) is 3.48. The van der Waals surface area contributed by atoms with Gasteiger partial charge in [0.05, 0.1) is 32.9 Å². The van der Waals surface area contributed by atoms with E-state index in [1.807, 2.05) is 6.07 Å². The second kappa shape index (κ2) is 6.02. The van der Waals surface area contributed by atoms with Crippen LogP contribution >= 0.6 is 27.5 Å². The Kier molecular flexibility index (Phi) is 4.52. The third-order valence-corrected chi connectivity index (χ3v) is 5.32. The van der Waals surface area contributed by atoms with Crippen molar-refractivity contribution in [1.29, 1.82) is 5.26 Å². The number of pyridine rings is 1. The van der Waals surface area contributed by atoms with Crippen molar-refractivity contribution in [2.75, 3.05) is 4.72 Å². The molecule has 0 aliphatic heterocycles. The molecule has 0 saturated carbocycles. The van der Waals surface area contributed by atoms with Crippen molar-refractivity contribution in [3.63, 3.8) is 0 Å². The summed E-state index contributed by atoms with van der Waals surface area (Å²) in [4.78, 5) is 3.96. The molecule has 0 saturated heterocycles. The Morgan fingerprint density at radius 3 is 2.67 bits per heavy atom. The molecule has 1 heterocycles. The average Bonchev–Trinajstić information content (AvgIpc) is 2.42. The van der Waals surface area contributed by atoms with Crippen molar-refractivity contribution in [1.82, 2.24) is 4.98 Å². The van der Waals surface area contributed by atoms with Gasteiger partial charge < -0.3 is 0 Å². The topological polar surface area (TPSA) is 82.8 Å². The summed E-state index contributed by atoms with van der Waals surface area (Å²) in [5.74, 6) is 0. The van der Waals surface area contributed by atoms with E-state index in [1.54, 1.807) is 6.92 Å². The number of nitrogens with zero attached hydrogens (tertiary/aromatic N) is 2. The summed E-state index contributed by atoms with van der Waals surface area (Å²) in [6.07, 6.45) is 1.32. The van der Waals surface area contributed by atoms with Crippen LogP contribution in [0.2, 0.25) is 5.15 Å². The summed E-state index contributed by atoms with van der Waals surface area (Å²) in [5, 5.41) is 9.05. The molecule has 0 fully saturated rings. The molecule has 0 radical (unpaired) electrons. The van der Waals surface area contributed by atoms with Crippen molar-refractivity contribution in [3.05, 3.63) is 51.2 Å². The quantitative estimate of drug-likeness (QED) is 0.819. The molecule has 2 rings (SSSR count). The largest absolute Gasteiger partial charge is 0.278 e. The lowest BCUT2D eigenvalue weighted by Gasteiger charge is -2.10. The van der Waals surface area contributed by atoms with Crippen LogP contribution in [0.5, 0.6) is 0 Å². The van der Waals surface area contributed by atoms with Crippen LogP contribution in [-0.4, -0.2) is 13.4 Å². The van der Waals surface area contributed by atoms with Gasteiger partial charge in [0.25, 0.3) is 10.0 Å². The molecule has 21 heavy (non-hydrogen) atoms. The van der Waals surface area contributed by atoms with Crippen molar-refractivity contribution < 1.29 is 8.42 Å². The molecule has 0 aliphatic rings. The molecule has 5 nitrogen and oxygen atoms in total. The highest BCUT2D eigenvalue weighted by Gasteiger charge is 2.17. The van der Waals surface area contributed by atoms with Crippen LogP contribution in [0.3, 0.4) is 0 Å². The predicted molar refractivity (Wildman–Crippen MR) is 83.6 cm³/mol. The van der Waals surface area contributed by atoms with E-state index in [1.165, 1.54) is 30.5 Å². The lowest BCUT2D eigenvalue weighted by Crippen LogP contribution is -2.14. The molecular weight excluding hydrogens is 378 g/mol. The van der Waals surface area contributed by atoms with Crippen molar-refractivity contribution in [3.8, 4) is 6.07 Å². The molecule has 108 valence electrons. The summed E-state index contributed by atoms with van der Waals surface area (Å²) in [5.41, 5.74) is 1.18. The Bertz CT molecular complexity index is 847. The zero-order valence-electron chi connectivity index (χ0n) is 10.8. The van der Waals surface area contributed by atoms with Gasteiger partial charge in [-0.3, -0.25) is 4.72 Å². The lowest BCUT2D eigenvalue weighted by atomic mass is 10.2. The fraction of sp³-hybridized carbons (Fsp3) is 0.0769. The minimum atomic E-state index is -3.76.